The number of carbonyl (C=O) groups is 1. The number of benzene rings is 3. The lowest BCUT2D eigenvalue weighted by molar-refractivity contribution is 0.104. The van der Waals surface area contributed by atoms with Gasteiger partial charge in [-0.3, -0.25) is 4.79 Å². The molecule has 0 aliphatic heterocycles. The van der Waals surface area contributed by atoms with Gasteiger partial charge >= 0.3 is 0 Å². The van der Waals surface area contributed by atoms with Gasteiger partial charge in [0, 0.05) is 15.6 Å². The van der Waals surface area contributed by atoms with Crippen molar-refractivity contribution in [1.82, 2.24) is 0 Å². The van der Waals surface area contributed by atoms with Crippen LogP contribution >= 0.6 is 31.9 Å². The van der Waals surface area contributed by atoms with Crippen molar-refractivity contribution >= 4 is 43.7 Å². The van der Waals surface area contributed by atoms with Crippen LogP contribution in [0.4, 0.5) is 0 Å². The Morgan fingerprint density at radius 3 is 2.54 bits per heavy atom. The van der Waals surface area contributed by atoms with Gasteiger partial charge in [-0.2, -0.15) is 0 Å². The number of rotatable bonds is 7. The van der Waals surface area contributed by atoms with Crippen molar-refractivity contribution in [2.45, 2.75) is 6.61 Å². The third-order valence-electron chi connectivity index (χ3n) is 4.06. The van der Waals surface area contributed by atoms with Crippen LogP contribution in [0.15, 0.2) is 81.8 Å². The van der Waals surface area contributed by atoms with Gasteiger partial charge in [-0.05, 0) is 64.0 Å². The van der Waals surface area contributed by atoms with E-state index in [1.807, 2.05) is 54.6 Å². The summed E-state index contributed by atoms with van der Waals surface area (Å²) in [5.74, 6) is 1.45. The van der Waals surface area contributed by atoms with E-state index in [1.165, 1.54) is 0 Å². The van der Waals surface area contributed by atoms with Gasteiger partial charge in [-0.1, -0.05) is 52.3 Å². The molecule has 0 aromatic heterocycles. The minimum atomic E-state index is -0.0527. The smallest absolute Gasteiger partial charge is 0.185 e. The molecule has 3 nitrogen and oxygen atoms in total. The highest BCUT2D eigenvalue weighted by Crippen LogP contribution is 2.27. The molecular formula is C23H18Br2O3. The molecule has 3 aromatic carbocycles. The Hall–Kier alpha value is -2.37. The molecule has 0 unspecified atom stereocenters. The zero-order valence-corrected chi connectivity index (χ0v) is 18.4. The third kappa shape index (κ3) is 5.33. The van der Waals surface area contributed by atoms with E-state index in [0.29, 0.717) is 12.2 Å². The van der Waals surface area contributed by atoms with Gasteiger partial charge in [0.15, 0.2) is 5.78 Å². The molecule has 0 atom stereocenters. The van der Waals surface area contributed by atoms with Crippen molar-refractivity contribution in [3.63, 3.8) is 0 Å². The van der Waals surface area contributed by atoms with Crippen molar-refractivity contribution in [3.8, 4) is 11.5 Å². The molecule has 3 rings (SSSR count). The van der Waals surface area contributed by atoms with Crippen LogP contribution in [-0.4, -0.2) is 12.9 Å². The number of hydrogen-bond donors (Lipinski definition) is 0. The summed E-state index contributed by atoms with van der Waals surface area (Å²) in [6.07, 6.45) is 3.37. The summed E-state index contributed by atoms with van der Waals surface area (Å²) in [5.41, 5.74) is 2.43. The standard InChI is InChI=1S/C23H18Br2O3/c1-27-22-12-10-16(9-11-21(26)17-5-4-6-19(24)14-17)13-18(22)15-28-23-8-3-2-7-20(23)25/h2-14H,15H2,1H3/b11-9+. The number of halogens is 2. The first-order valence-electron chi connectivity index (χ1n) is 8.59. The largest absolute Gasteiger partial charge is 0.496 e. The normalized spacial score (nSPS) is 10.8. The van der Waals surface area contributed by atoms with Gasteiger partial charge in [0.25, 0.3) is 0 Å². The maximum atomic E-state index is 12.4. The van der Waals surface area contributed by atoms with Crippen LogP contribution in [0.1, 0.15) is 21.5 Å². The molecule has 0 bridgehead atoms. The van der Waals surface area contributed by atoms with E-state index in [4.69, 9.17) is 9.47 Å². The average Bonchev–Trinajstić information content (AvgIpc) is 2.71. The van der Waals surface area contributed by atoms with Gasteiger partial charge in [-0.15, -0.1) is 0 Å². The molecule has 0 fully saturated rings. The summed E-state index contributed by atoms with van der Waals surface area (Å²) in [5, 5.41) is 0. The summed E-state index contributed by atoms with van der Waals surface area (Å²) >= 11 is 6.87. The predicted molar refractivity (Wildman–Crippen MR) is 119 cm³/mol. The lowest BCUT2D eigenvalue weighted by Gasteiger charge is -2.12. The van der Waals surface area contributed by atoms with Crippen LogP contribution < -0.4 is 9.47 Å². The third-order valence-corrected chi connectivity index (χ3v) is 5.21. The van der Waals surface area contributed by atoms with E-state index in [2.05, 4.69) is 31.9 Å². The maximum absolute atomic E-state index is 12.4. The molecular weight excluding hydrogens is 484 g/mol. The fourth-order valence-corrected chi connectivity index (χ4v) is 3.44. The number of para-hydroxylation sites is 1. The number of ether oxygens (including phenoxy) is 2. The molecule has 0 spiro atoms. The van der Waals surface area contributed by atoms with Gasteiger partial charge < -0.3 is 9.47 Å². The number of carbonyl (C=O) groups excluding carboxylic acids is 1. The Bertz CT molecular complexity index is 1010. The minimum Gasteiger partial charge on any atom is -0.496 e. The van der Waals surface area contributed by atoms with Crippen LogP contribution in [0.3, 0.4) is 0 Å². The first-order chi connectivity index (χ1) is 13.6. The molecule has 3 aromatic rings. The Kier molecular flexibility index (Phi) is 7.06. The first kappa shape index (κ1) is 20.4. The number of allylic oxidation sites excluding steroid dienone is 1. The molecule has 28 heavy (non-hydrogen) atoms. The van der Waals surface area contributed by atoms with E-state index in [9.17, 15) is 4.79 Å². The highest BCUT2D eigenvalue weighted by Gasteiger charge is 2.07. The second kappa shape index (κ2) is 9.71. The maximum Gasteiger partial charge on any atom is 0.185 e. The van der Waals surface area contributed by atoms with Crippen molar-refractivity contribution in [1.29, 1.82) is 0 Å². The lowest BCUT2D eigenvalue weighted by atomic mass is 10.1. The summed E-state index contributed by atoms with van der Waals surface area (Å²) < 4.78 is 13.1. The van der Waals surface area contributed by atoms with E-state index in [-0.39, 0.29) is 5.78 Å². The van der Waals surface area contributed by atoms with Crippen LogP contribution in [0.25, 0.3) is 6.08 Å². The zero-order chi connectivity index (χ0) is 19.9. The molecule has 0 saturated carbocycles. The Balaban J connectivity index is 1.76. The summed E-state index contributed by atoms with van der Waals surface area (Å²) in [6.45, 7) is 0.354. The lowest BCUT2D eigenvalue weighted by Crippen LogP contribution is -2.00. The molecule has 142 valence electrons. The Labute approximate surface area is 181 Å². The molecule has 0 aliphatic rings. The molecule has 0 amide bonds. The molecule has 0 heterocycles. The van der Waals surface area contributed by atoms with E-state index in [1.54, 1.807) is 31.4 Å². The molecule has 0 N–H and O–H groups in total. The van der Waals surface area contributed by atoms with Gasteiger partial charge in [-0.25, -0.2) is 0 Å². The summed E-state index contributed by atoms with van der Waals surface area (Å²) in [4.78, 5) is 12.4. The molecule has 0 aliphatic carbocycles. The highest BCUT2D eigenvalue weighted by atomic mass is 79.9. The second-order valence-electron chi connectivity index (χ2n) is 6.00. The fraction of sp³-hybridized carbons (Fsp3) is 0.0870. The highest BCUT2D eigenvalue weighted by molar-refractivity contribution is 9.10. The molecule has 0 radical (unpaired) electrons. The van der Waals surface area contributed by atoms with Crippen molar-refractivity contribution < 1.29 is 14.3 Å². The SMILES string of the molecule is COc1ccc(/C=C/C(=O)c2cccc(Br)c2)cc1COc1ccccc1Br. The van der Waals surface area contributed by atoms with Crippen molar-refractivity contribution in [2.75, 3.05) is 7.11 Å². The van der Waals surface area contributed by atoms with Crippen LogP contribution in [0.5, 0.6) is 11.5 Å². The fourth-order valence-electron chi connectivity index (χ4n) is 2.64. The summed E-state index contributed by atoms with van der Waals surface area (Å²) in [6, 6.07) is 20.8. The summed E-state index contributed by atoms with van der Waals surface area (Å²) in [7, 11) is 1.63. The number of ketones is 1. The monoisotopic (exact) mass is 500 g/mol. The van der Waals surface area contributed by atoms with Crippen LogP contribution in [-0.2, 0) is 6.61 Å². The van der Waals surface area contributed by atoms with Crippen LogP contribution in [0, 0.1) is 0 Å². The zero-order valence-electron chi connectivity index (χ0n) is 15.2. The Morgan fingerprint density at radius 2 is 1.79 bits per heavy atom. The van der Waals surface area contributed by atoms with Crippen LogP contribution in [0.2, 0.25) is 0 Å². The second-order valence-corrected chi connectivity index (χ2v) is 7.77. The van der Waals surface area contributed by atoms with E-state index in [0.717, 1.165) is 31.6 Å². The topological polar surface area (TPSA) is 35.5 Å². The molecule has 5 heteroatoms. The minimum absolute atomic E-state index is 0.0527. The quantitative estimate of drug-likeness (QED) is 0.267. The number of hydrogen-bond acceptors (Lipinski definition) is 3. The van der Waals surface area contributed by atoms with Gasteiger partial charge in [0.1, 0.15) is 18.1 Å². The van der Waals surface area contributed by atoms with E-state index >= 15 is 0 Å². The van der Waals surface area contributed by atoms with Crippen molar-refractivity contribution in [3.05, 3.63) is 98.4 Å². The first-order valence-corrected chi connectivity index (χ1v) is 10.2. The van der Waals surface area contributed by atoms with Gasteiger partial charge in [0.2, 0.25) is 0 Å². The Morgan fingerprint density at radius 1 is 0.964 bits per heavy atom. The predicted octanol–water partition coefficient (Wildman–Crippen LogP) is 6.70. The number of methoxy groups -OCH3 is 1. The van der Waals surface area contributed by atoms with Gasteiger partial charge in [0.05, 0.1) is 11.6 Å². The molecule has 0 saturated heterocycles. The van der Waals surface area contributed by atoms with E-state index < -0.39 is 0 Å². The average molecular weight is 502 g/mol. The van der Waals surface area contributed by atoms with Crippen molar-refractivity contribution in [2.24, 2.45) is 0 Å².